The Kier molecular flexibility index (Phi) is 3.87. The van der Waals surface area contributed by atoms with E-state index in [9.17, 15) is 18.0 Å². The zero-order valence-electron chi connectivity index (χ0n) is 11.3. The van der Waals surface area contributed by atoms with Gasteiger partial charge in [-0.25, -0.2) is 0 Å². The highest BCUT2D eigenvalue weighted by Crippen LogP contribution is 2.34. The lowest BCUT2D eigenvalue weighted by Gasteiger charge is -2.25. The molecule has 0 saturated carbocycles. The first-order valence-corrected chi connectivity index (χ1v) is 6.30. The van der Waals surface area contributed by atoms with Crippen LogP contribution in [0.15, 0.2) is 54.6 Å². The molecule has 0 aliphatic rings. The summed E-state index contributed by atoms with van der Waals surface area (Å²) in [5.41, 5.74) is 3.56. The highest BCUT2D eigenvalue weighted by atomic mass is 19.4. The Bertz CT molecular complexity index is 648. The van der Waals surface area contributed by atoms with Gasteiger partial charge in [0.25, 0.3) is 0 Å². The number of nitrogens with two attached hydrogens (primary N) is 1. The molecule has 110 valence electrons. The van der Waals surface area contributed by atoms with Crippen molar-refractivity contribution in [2.45, 2.75) is 18.6 Å². The highest BCUT2D eigenvalue weighted by molar-refractivity contribution is 6.04. The van der Waals surface area contributed by atoms with Gasteiger partial charge in [-0.05, 0) is 18.6 Å². The van der Waals surface area contributed by atoms with Gasteiger partial charge in [0.05, 0.1) is 5.56 Å². The number of Topliss-reactive ketones (excluding diaryl/α,β-unsaturated/α-hetero) is 1. The molecule has 0 radical (unpaired) electrons. The van der Waals surface area contributed by atoms with E-state index in [1.807, 2.05) is 0 Å². The number of hydrogen-bond acceptors (Lipinski definition) is 2. The van der Waals surface area contributed by atoms with Crippen LogP contribution in [0.3, 0.4) is 0 Å². The van der Waals surface area contributed by atoms with Crippen molar-refractivity contribution >= 4 is 5.78 Å². The lowest BCUT2D eigenvalue weighted by atomic mass is 9.84. The average molecular weight is 293 g/mol. The molecule has 5 heteroatoms. The fourth-order valence-corrected chi connectivity index (χ4v) is 2.12. The second-order valence-corrected chi connectivity index (χ2v) is 4.94. The molecule has 1 atom stereocenters. The minimum Gasteiger partial charge on any atom is -0.315 e. The van der Waals surface area contributed by atoms with Crippen molar-refractivity contribution in [2.75, 3.05) is 0 Å². The van der Waals surface area contributed by atoms with E-state index in [4.69, 9.17) is 5.73 Å². The second-order valence-electron chi connectivity index (χ2n) is 4.94. The summed E-state index contributed by atoms with van der Waals surface area (Å²) < 4.78 is 39.0. The molecular formula is C16H14F3NO. The van der Waals surface area contributed by atoms with E-state index in [-0.39, 0.29) is 0 Å². The molecule has 0 amide bonds. The van der Waals surface area contributed by atoms with Crippen LogP contribution >= 0.6 is 0 Å². The van der Waals surface area contributed by atoms with Crippen LogP contribution in [0.5, 0.6) is 0 Å². The van der Waals surface area contributed by atoms with Crippen LogP contribution < -0.4 is 5.73 Å². The van der Waals surface area contributed by atoms with Crippen LogP contribution in [0.25, 0.3) is 0 Å². The van der Waals surface area contributed by atoms with Crippen molar-refractivity contribution < 1.29 is 18.0 Å². The number of hydrogen-bond donors (Lipinski definition) is 1. The van der Waals surface area contributed by atoms with Crippen LogP contribution in [0.2, 0.25) is 0 Å². The molecule has 2 aromatic carbocycles. The number of ketones is 1. The molecule has 0 aliphatic heterocycles. The molecule has 0 aromatic heterocycles. The third-order valence-corrected chi connectivity index (χ3v) is 3.32. The summed E-state index contributed by atoms with van der Waals surface area (Å²) in [7, 11) is 0. The maximum Gasteiger partial charge on any atom is 0.417 e. The van der Waals surface area contributed by atoms with Crippen LogP contribution in [-0.4, -0.2) is 5.78 Å². The molecule has 2 aromatic rings. The van der Waals surface area contributed by atoms with E-state index in [0.29, 0.717) is 5.56 Å². The van der Waals surface area contributed by atoms with Crippen LogP contribution in [0, 0.1) is 0 Å². The summed E-state index contributed by atoms with van der Waals surface area (Å²) in [5, 5.41) is 0. The first-order chi connectivity index (χ1) is 9.74. The van der Waals surface area contributed by atoms with Crippen molar-refractivity contribution in [3.05, 3.63) is 71.3 Å². The predicted molar refractivity (Wildman–Crippen MR) is 73.8 cm³/mol. The minimum absolute atomic E-state index is 0.418. The van der Waals surface area contributed by atoms with Gasteiger partial charge < -0.3 is 5.73 Å². The number of rotatable bonds is 3. The average Bonchev–Trinajstić information content (AvgIpc) is 2.46. The Morgan fingerprint density at radius 3 is 2.05 bits per heavy atom. The van der Waals surface area contributed by atoms with Crippen molar-refractivity contribution in [3.63, 3.8) is 0 Å². The zero-order chi connectivity index (χ0) is 15.7. The van der Waals surface area contributed by atoms with Gasteiger partial charge >= 0.3 is 6.18 Å². The van der Waals surface area contributed by atoms with Gasteiger partial charge in [0.1, 0.15) is 5.54 Å². The molecule has 1 unspecified atom stereocenters. The quantitative estimate of drug-likeness (QED) is 0.876. The Morgan fingerprint density at radius 2 is 1.48 bits per heavy atom. The van der Waals surface area contributed by atoms with Crippen molar-refractivity contribution in [1.29, 1.82) is 0 Å². The Hall–Kier alpha value is -2.14. The van der Waals surface area contributed by atoms with Gasteiger partial charge in [0.15, 0.2) is 5.78 Å². The van der Waals surface area contributed by atoms with Gasteiger partial charge in [0, 0.05) is 5.56 Å². The molecule has 0 spiro atoms. The predicted octanol–water partition coefficient (Wildman–Crippen LogP) is 3.76. The normalized spacial score (nSPS) is 14.5. The van der Waals surface area contributed by atoms with E-state index < -0.39 is 28.6 Å². The molecule has 21 heavy (non-hydrogen) atoms. The van der Waals surface area contributed by atoms with Gasteiger partial charge in [0.2, 0.25) is 0 Å². The number of carbonyl (C=O) groups is 1. The molecular weight excluding hydrogens is 279 g/mol. The first-order valence-electron chi connectivity index (χ1n) is 6.30. The Morgan fingerprint density at radius 1 is 0.952 bits per heavy atom. The number of halogens is 3. The smallest absolute Gasteiger partial charge is 0.315 e. The SMILES string of the molecule is CC(N)(C(=O)c1ccccc1C(F)(F)F)c1ccccc1. The fraction of sp³-hybridized carbons (Fsp3) is 0.188. The van der Waals surface area contributed by atoms with E-state index in [2.05, 4.69) is 0 Å². The minimum atomic E-state index is -4.60. The molecule has 0 saturated heterocycles. The molecule has 0 bridgehead atoms. The molecule has 0 aliphatic carbocycles. The largest absolute Gasteiger partial charge is 0.417 e. The van der Waals surface area contributed by atoms with E-state index >= 15 is 0 Å². The molecule has 2 N–H and O–H groups in total. The molecule has 2 nitrogen and oxygen atoms in total. The summed E-state index contributed by atoms with van der Waals surface area (Å²) in [6, 6.07) is 13.0. The summed E-state index contributed by atoms with van der Waals surface area (Å²) >= 11 is 0. The van der Waals surface area contributed by atoms with Crippen LogP contribution in [0.1, 0.15) is 28.4 Å². The molecule has 2 rings (SSSR count). The maximum absolute atomic E-state index is 13.0. The topological polar surface area (TPSA) is 43.1 Å². The maximum atomic E-state index is 13.0. The van der Waals surface area contributed by atoms with Crippen molar-refractivity contribution in [3.8, 4) is 0 Å². The Labute approximate surface area is 120 Å². The molecule has 0 heterocycles. The van der Waals surface area contributed by atoms with E-state index in [1.54, 1.807) is 30.3 Å². The van der Waals surface area contributed by atoms with Crippen LogP contribution in [-0.2, 0) is 11.7 Å². The van der Waals surface area contributed by atoms with Gasteiger partial charge in [-0.2, -0.15) is 13.2 Å². The summed E-state index contributed by atoms with van der Waals surface area (Å²) in [5.74, 6) is -0.762. The van der Waals surface area contributed by atoms with Crippen molar-refractivity contribution in [1.82, 2.24) is 0 Å². The monoisotopic (exact) mass is 293 g/mol. The fourth-order valence-electron chi connectivity index (χ4n) is 2.12. The van der Waals surface area contributed by atoms with Crippen LogP contribution in [0.4, 0.5) is 13.2 Å². The Balaban J connectivity index is 2.51. The second kappa shape index (κ2) is 5.33. The van der Waals surface area contributed by atoms with Crippen molar-refractivity contribution in [2.24, 2.45) is 5.73 Å². The number of carbonyl (C=O) groups excluding carboxylic acids is 1. The summed E-state index contributed by atoms with van der Waals surface area (Å²) in [6.07, 6.45) is -4.60. The highest BCUT2D eigenvalue weighted by Gasteiger charge is 2.39. The summed E-state index contributed by atoms with van der Waals surface area (Å²) in [4.78, 5) is 12.5. The third-order valence-electron chi connectivity index (χ3n) is 3.32. The number of benzene rings is 2. The van der Waals surface area contributed by atoms with E-state index in [1.165, 1.54) is 19.1 Å². The van der Waals surface area contributed by atoms with Gasteiger partial charge in [-0.15, -0.1) is 0 Å². The third kappa shape index (κ3) is 2.97. The summed E-state index contributed by atoms with van der Waals surface area (Å²) in [6.45, 7) is 1.41. The first kappa shape index (κ1) is 15.3. The zero-order valence-corrected chi connectivity index (χ0v) is 11.3. The lowest BCUT2D eigenvalue weighted by Crippen LogP contribution is -2.42. The van der Waals surface area contributed by atoms with Gasteiger partial charge in [-0.3, -0.25) is 4.79 Å². The van der Waals surface area contributed by atoms with Gasteiger partial charge in [-0.1, -0.05) is 48.5 Å². The standard InChI is InChI=1S/C16H14F3NO/c1-15(20,11-7-3-2-4-8-11)14(21)12-9-5-6-10-13(12)16(17,18)19/h2-10H,20H2,1H3. The lowest BCUT2D eigenvalue weighted by molar-refractivity contribution is -0.137. The number of alkyl halides is 3. The van der Waals surface area contributed by atoms with E-state index in [0.717, 1.165) is 12.1 Å². The molecule has 0 fully saturated rings.